The Morgan fingerprint density at radius 3 is 2.79 bits per heavy atom. The number of rotatable bonds is 5. The van der Waals surface area contributed by atoms with Crippen LogP contribution >= 0.6 is 0 Å². The summed E-state index contributed by atoms with van der Waals surface area (Å²) in [6, 6.07) is 0. The number of hydrogen-bond donors (Lipinski definition) is 1. The van der Waals surface area contributed by atoms with E-state index in [1.165, 1.54) is 5.56 Å². The van der Waals surface area contributed by atoms with Gasteiger partial charge in [-0.3, -0.25) is 9.48 Å². The summed E-state index contributed by atoms with van der Waals surface area (Å²) in [5.74, 6) is 1.10. The molecule has 0 aromatic carbocycles. The van der Waals surface area contributed by atoms with Crippen molar-refractivity contribution in [2.45, 2.75) is 68.8 Å². The van der Waals surface area contributed by atoms with E-state index in [2.05, 4.69) is 11.5 Å². The van der Waals surface area contributed by atoms with Gasteiger partial charge in [0.1, 0.15) is 17.5 Å². The van der Waals surface area contributed by atoms with Crippen LogP contribution in [0.3, 0.4) is 0 Å². The fraction of sp³-hybridized carbons (Fsp3) is 0.680. The molecule has 34 heavy (non-hydrogen) atoms. The second-order valence-corrected chi connectivity index (χ2v) is 10.7. The first-order chi connectivity index (χ1) is 16.5. The minimum atomic E-state index is -0.181. The van der Waals surface area contributed by atoms with Crippen LogP contribution in [0.1, 0.15) is 53.1 Å². The first-order valence-corrected chi connectivity index (χ1v) is 12.5. The van der Waals surface area contributed by atoms with E-state index >= 15 is 0 Å². The van der Waals surface area contributed by atoms with Gasteiger partial charge in [0, 0.05) is 41.3 Å². The lowest BCUT2D eigenvalue weighted by Crippen LogP contribution is -2.50. The molecule has 2 aromatic heterocycles. The molecule has 3 aliphatic heterocycles. The number of amides is 1. The molecule has 3 saturated heterocycles. The predicted molar refractivity (Wildman–Crippen MR) is 120 cm³/mol. The summed E-state index contributed by atoms with van der Waals surface area (Å²) in [7, 11) is 0. The maximum atomic E-state index is 13.1. The highest BCUT2D eigenvalue weighted by molar-refractivity contribution is 5.95. The van der Waals surface area contributed by atoms with Gasteiger partial charge in [0.05, 0.1) is 51.4 Å². The van der Waals surface area contributed by atoms with Gasteiger partial charge in [-0.15, -0.1) is 0 Å². The summed E-state index contributed by atoms with van der Waals surface area (Å²) in [6.07, 6.45) is 7.23. The van der Waals surface area contributed by atoms with E-state index in [0.717, 1.165) is 54.7 Å². The maximum absolute atomic E-state index is 13.1. The van der Waals surface area contributed by atoms with Crippen LogP contribution in [0.15, 0.2) is 10.6 Å². The van der Waals surface area contributed by atoms with E-state index in [0.29, 0.717) is 51.9 Å². The molecule has 7 rings (SSSR count). The fourth-order valence-corrected chi connectivity index (χ4v) is 6.03. The Balaban J connectivity index is 1.11. The number of nitrogens with one attached hydrogen (secondary N) is 1. The number of ether oxygens (including phenoxy) is 4. The summed E-state index contributed by atoms with van der Waals surface area (Å²) in [5.41, 5.74) is 4.07. The maximum Gasteiger partial charge on any atom is 0.287 e. The SMILES string of the molecule is Cc1c(C(=O)NC[C@H]2CCC3(COC3)O2)oc2c1-c1nn(C[C@H]3COCCO3)cc1C1(CC1)C2. The Bertz CT molecular complexity index is 1120. The van der Waals surface area contributed by atoms with Crippen LogP contribution < -0.4 is 5.32 Å². The topological polar surface area (TPSA) is 97.0 Å². The molecule has 4 fully saturated rings. The molecule has 2 atom stereocenters. The molecule has 1 N–H and O–H groups in total. The third-order valence-corrected chi connectivity index (χ3v) is 8.18. The third-order valence-electron chi connectivity index (χ3n) is 8.18. The van der Waals surface area contributed by atoms with Crippen LogP contribution in [-0.2, 0) is 37.3 Å². The lowest BCUT2D eigenvalue weighted by atomic mass is 9.82. The molecule has 9 nitrogen and oxygen atoms in total. The van der Waals surface area contributed by atoms with E-state index in [-0.39, 0.29) is 29.1 Å². The number of hydrogen-bond acceptors (Lipinski definition) is 7. The average Bonchev–Trinajstić information content (AvgIpc) is 3.13. The minimum absolute atomic E-state index is 0.0138. The first kappa shape index (κ1) is 21.1. The summed E-state index contributed by atoms with van der Waals surface area (Å²) in [6.45, 7) is 6.32. The van der Waals surface area contributed by atoms with Gasteiger partial charge in [-0.25, -0.2) is 0 Å². The van der Waals surface area contributed by atoms with Gasteiger partial charge in [-0.05, 0) is 32.6 Å². The van der Waals surface area contributed by atoms with Crippen LogP contribution in [0.2, 0.25) is 0 Å². The Morgan fingerprint density at radius 2 is 2.09 bits per heavy atom. The molecular formula is C25H31N3O6. The van der Waals surface area contributed by atoms with Gasteiger partial charge in [-0.2, -0.15) is 5.10 Å². The number of furan rings is 1. The van der Waals surface area contributed by atoms with E-state index < -0.39 is 0 Å². The molecule has 1 amide bonds. The zero-order chi connectivity index (χ0) is 22.9. The smallest absolute Gasteiger partial charge is 0.287 e. The second kappa shape index (κ2) is 7.65. The Morgan fingerprint density at radius 1 is 1.21 bits per heavy atom. The second-order valence-electron chi connectivity index (χ2n) is 10.7. The molecule has 182 valence electrons. The van der Waals surface area contributed by atoms with Gasteiger partial charge in [-0.1, -0.05) is 0 Å². The van der Waals surface area contributed by atoms with Crippen molar-refractivity contribution in [1.82, 2.24) is 15.1 Å². The van der Waals surface area contributed by atoms with Crippen molar-refractivity contribution in [2.75, 3.05) is 39.6 Å². The Labute approximate surface area is 198 Å². The van der Waals surface area contributed by atoms with Crippen molar-refractivity contribution in [3.8, 4) is 11.3 Å². The Hall–Kier alpha value is -2.20. The largest absolute Gasteiger partial charge is 0.455 e. The van der Waals surface area contributed by atoms with Crippen molar-refractivity contribution < 1.29 is 28.2 Å². The van der Waals surface area contributed by atoms with Crippen LogP contribution in [0.4, 0.5) is 0 Å². The van der Waals surface area contributed by atoms with Gasteiger partial charge in [0.25, 0.3) is 5.91 Å². The number of carbonyl (C=O) groups excluding carboxylic acids is 1. The molecule has 1 saturated carbocycles. The summed E-state index contributed by atoms with van der Waals surface area (Å²) >= 11 is 0. The zero-order valence-corrected chi connectivity index (χ0v) is 19.6. The van der Waals surface area contributed by atoms with Gasteiger partial charge in [0.2, 0.25) is 0 Å². The van der Waals surface area contributed by atoms with E-state index in [9.17, 15) is 4.79 Å². The van der Waals surface area contributed by atoms with Crippen molar-refractivity contribution >= 4 is 5.91 Å². The molecule has 2 aromatic rings. The van der Waals surface area contributed by atoms with Crippen LogP contribution in [0.25, 0.3) is 11.3 Å². The summed E-state index contributed by atoms with van der Waals surface area (Å²) in [4.78, 5) is 13.1. The molecular weight excluding hydrogens is 438 g/mol. The standard InChI is InChI=1S/C25H31N3O6/c1-15-20-19(33-22(15)23(29)26-9-16-2-3-25(34-16)13-31-14-25)8-24(4-5-24)18-11-28(27-21(18)20)10-17-12-30-6-7-32-17/h11,16-17H,2-10,12-14H2,1H3,(H,26,29)/t16-,17+/m1/s1. The normalized spacial score (nSPS) is 27.9. The lowest BCUT2D eigenvalue weighted by Gasteiger charge is -2.37. The Kier molecular flexibility index (Phi) is 4.75. The quantitative estimate of drug-likeness (QED) is 0.717. The highest BCUT2D eigenvalue weighted by atomic mass is 16.6. The van der Waals surface area contributed by atoms with Gasteiger partial charge < -0.3 is 28.7 Å². The number of nitrogens with zero attached hydrogens (tertiary/aromatic N) is 2. The summed E-state index contributed by atoms with van der Waals surface area (Å²) < 4.78 is 31.0. The van der Waals surface area contributed by atoms with Crippen LogP contribution in [0, 0.1) is 6.92 Å². The van der Waals surface area contributed by atoms with Crippen molar-refractivity contribution in [3.05, 3.63) is 28.8 Å². The van der Waals surface area contributed by atoms with Crippen molar-refractivity contribution in [1.29, 1.82) is 0 Å². The number of carbonyl (C=O) groups is 1. The van der Waals surface area contributed by atoms with Gasteiger partial charge >= 0.3 is 0 Å². The van der Waals surface area contributed by atoms with Crippen LogP contribution in [-0.4, -0.2) is 73.1 Å². The molecule has 2 aliphatic carbocycles. The highest BCUT2D eigenvalue weighted by Crippen LogP contribution is 2.58. The van der Waals surface area contributed by atoms with Crippen LogP contribution in [0.5, 0.6) is 0 Å². The minimum Gasteiger partial charge on any atom is -0.455 e. The van der Waals surface area contributed by atoms with Crippen molar-refractivity contribution in [3.63, 3.8) is 0 Å². The molecule has 0 bridgehead atoms. The molecule has 0 radical (unpaired) electrons. The van der Waals surface area contributed by atoms with E-state index in [1.54, 1.807) is 0 Å². The predicted octanol–water partition coefficient (Wildman–Crippen LogP) is 2.13. The summed E-state index contributed by atoms with van der Waals surface area (Å²) in [5, 5.41) is 8.00. The number of aromatic nitrogens is 2. The first-order valence-electron chi connectivity index (χ1n) is 12.5. The number of fused-ring (bicyclic) bond motifs is 4. The molecule has 0 unspecified atom stereocenters. The fourth-order valence-electron chi connectivity index (χ4n) is 6.03. The molecule has 5 aliphatic rings. The molecule has 9 heteroatoms. The van der Waals surface area contributed by atoms with E-state index in [1.807, 2.05) is 11.6 Å². The monoisotopic (exact) mass is 469 g/mol. The molecule has 2 spiro atoms. The third kappa shape index (κ3) is 3.36. The van der Waals surface area contributed by atoms with Crippen molar-refractivity contribution in [2.24, 2.45) is 0 Å². The lowest BCUT2D eigenvalue weighted by molar-refractivity contribution is -0.199. The average molecular weight is 470 g/mol. The highest BCUT2D eigenvalue weighted by Gasteiger charge is 2.52. The van der Waals surface area contributed by atoms with Gasteiger partial charge in [0.15, 0.2) is 5.76 Å². The molecule has 5 heterocycles. The van der Waals surface area contributed by atoms with E-state index in [4.69, 9.17) is 28.5 Å². The zero-order valence-electron chi connectivity index (χ0n) is 19.6.